The summed E-state index contributed by atoms with van der Waals surface area (Å²) in [6.45, 7) is 2.05. The molecule has 1 aromatic heterocycles. The first-order chi connectivity index (χ1) is 8.99. The highest BCUT2D eigenvalue weighted by atomic mass is 35.5. The van der Waals surface area contributed by atoms with Gasteiger partial charge in [0.1, 0.15) is 11.6 Å². The van der Waals surface area contributed by atoms with Gasteiger partial charge in [0, 0.05) is 11.6 Å². The van der Waals surface area contributed by atoms with Crippen LogP contribution in [0.5, 0.6) is 5.75 Å². The van der Waals surface area contributed by atoms with Crippen molar-refractivity contribution in [2.24, 2.45) is 0 Å². The molecule has 0 aliphatic rings. The maximum absolute atomic E-state index is 13.3. The SMILES string of the molecule is COc1cn(Cc2cc(F)cc(Cl)c2)c(C)nc1=O. The molecular formula is C13H12ClFN2O2. The van der Waals surface area contributed by atoms with E-state index < -0.39 is 11.4 Å². The Hall–Kier alpha value is -1.88. The van der Waals surface area contributed by atoms with Crippen molar-refractivity contribution in [2.75, 3.05) is 7.11 Å². The van der Waals surface area contributed by atoms with Crippen molar-refractivity contribution < 1.29 is 9.13 Å². The summed E-state index contributed by atoms with van der Waals surface area (Å²) in [6, 6.07) is 4.28. The monoisotopic (exact) mass is 282 g/mol. The van der Waals surface area contributed by atoms with Gasteiger partial charge in [0.25, 0.3) is 0 Å². The van der Waals surface area contributed by atoms with Crippen LogP contribution in [0.3, 0.4) is 0 Å². The maximum Gasteiger partial charge on any atom is 0.315 e. The number of nitrogens with zero attached hydrogens (tertiary/aromatic N) is 2. The molecule has 2 rings (SSSR count). The van der Waals surface area contributed by atoms with Gasteiger partial charge in [-0.25, -0.2) is 4.39 Å². The minimum absolute atomic E-state index is 0.146. The van der Waals surface area contributed by atoms with E-state index in [0.29, 0.717) is 23.0 Å². The number of ether oxygens (including phenoxy) is 1. The van der Waals surface area contributed by atoms with Crippen molar-refractivity contribution in [3.63, 3.8) is 0 Å². The molecule has 0 amide bonds. The van der Waals surface area contributed by atoms with Crippen LogP contribution in [0.1, 0.15) is 11.4 Å². The van der Waals surface area contributed by atoms with Gasteiger partial charge >= 0.3 is 5.56 Å². The second-order valence-corrected chi connectivity index (χ2v) is 4.50. The van der Waals surface area contributed by atoms with Crippen LogP contribution < -0.4 is 10.3 Å². The summed E-state index contributed by atoms with van der Waals surface area (Å²) in [4.78, 5) is 15.3. The van der Waals surface area contributed by atoms with Crippen molar-refractivity contribution in [3.05, 3.63) is 57.0 Å². The summed E-state index contributed by atoms with van der Waals surface area (Å²) in [7, 11) is 1.40. The summed E-state index contributed by atoms with van der Waals surface area (Å²) in [5.74, 6) is 0.264. The highest BCUT2D eigenvalue weighted by Gasteiger charge is 2.07. The molecule has 4 nitrogen and oxygen atoms in total. The number of rotatable bonds is 3. The highest BCUT2D eigenvalue weighted by Crippen LogP contribution is 2.16. The molecular weight excluding hydrogens is 271 g/mol. The molecule has 0 saturated carbocycles. The molecule has 6 heteroatoms. The van der Waals surface area contributed by atoms with Crippen LogP contribution in [-0.4, -0.2) is 16.7 Å². The molecule has 1 heterocycles. The molecule has 0 aliphatic carbocycles. The van der Waals surface area contributed by atoms with Crippen LogP contribution in [0.4, 0.5) is 4.39 Å². The van der Waals surface area contributed by atoms with Crippen LogP contribution >= 0.6 is 11.6 Å². The maximum atomic E-state index is 13.3. The lowest BCUT2D eigenvalue weighted by Gasteiger charge is -2.11. The van der Waals surface area contributed by atoms with Crippen LogP contribution in [0.25, 0.3) is 0 Å². The van der Waals surface area contributed by atoms with Crippen LogP contribution in [0.2, 0.25) is 5.02 Å². The Bertz CT molecular complexity index is 650. The summed E-state index contributed by atoms with van der Waals surface area (Å²) in [6.07, 6.45) is 1.55. The Kier molecular flexibility index (Phi) is 3.85. The fourth-order valence-electron chi connectivity index (χ4n) is 1.76. The zero-order chi connectivity index (χ0) is 14.0. The minimum atomic E-state index is -0.423. The van der Waals surface area contributed by atoms with E-state index in [0.717, 1.165) is 0 Å². The van der Waals surface area contributed by atoms with E-state index in [-0.39, 0.29) is 5.75 Å². The van der Waals surface area contributed by atoms with Crippen LogP contribution in [0.15, 0.2) is 29.2 Å². The van der Waals surface area contributed by atoms with E-state index in [1.54, 1.807) is 23.8 Å². The molecule has 0 bridgehead atoms. The number of hydrogen-bond donors (Lipinski definition) is 0. The normalized spacial score (nSPS) is 10.5. The van der Waals surface area contributed by atoms with Crippen molar-refractivity contribution in [1.82, 2.24) is 9.55 Å². The van der Waals surface area contributed by atoms with Gasteiger partial charge in [-0.2, -0.15) is 4.98 Å². The first kappa shape index (κ1) is 13.5. The fourth-order valence-corrected chi connectivity index (χ4v) is 2.00. The predicted octanol–water partition coefficient (Wildman–Crippen LogP) is 2.40. The number of methoxy groups -OCH3 is 1. The average Bonchev–Trinajstić information content (AvgIpc) is 2.31. The van der Waals surface area contributed by atoms with Gasteiger partial charge in [-0.15, -0.1) is 0 Å². The van der Waals surface area contributed by atoms with Crippen molar-refractivity contribution in [2.45, 2.75) is 13.5 Å². The predicted molar refractivity (Wildman–Crippen MR) is 70.3 cm³/mol. The largest absolute Gasteiger partial charge is 0.490 e. The molecule has 0 radical (unpaired) electrons. The van der Waals surface area contributed by atoms with Gasteiger partial charge in [-0.1, -0.05) is 11.6 Å². The molecule has 0 N–H and O–H groups in total. The summed E-state index contributed by atoms with van der Waals surface area (Å²) in [5.41, 5.74) is 0.258. The fraction of sp³-hybridized carbons (Fsp3) is 0.231. The molecule has 0 fully saturated rings. The first-order valence-corrected chi connectivity index (χ1v) is 5.94. The molecule has 100 valence electrons. The third kappa shape index (κ3) is 3.12. The van der Waals surface area contributed by atoms with Gasteiger partial charge in [0.05, 0.1) is 13.3 Å². The minimum Gasteiger partial charge on any atom is -0.490 e. The van der Waals surface area contributed by atoms with E-state index >= 15 is 0 Å². The second kappa shape index (κ2) is 5.40. The third-order valence-electron chi connectivity index (χ3n) is 2.66. The molecule has 0 saturated heterocycles. The summed E-state index contributed by atoms with van der Waals surface area (Å²) >= 11 is 5.80. The lowest BCUT2D eigenvalue weighted by molar-refractivity contribution is 0.400. The van der Waals surface area contributed by atoms with E-state index in [4.69, 9.17) is 16.3 Å². The molecule has 1 aromatic carbocycles. The molecule has 0 unspecified atom stereocenters. The van der Waals surface area contributed by atoms with Gasteiger partial charge in [-0.05, 0) is 30.7 Å². The van der Waals surface area contributed by atoms with E-state index in [9.17, 15) is 9.18 Å². The summed E-state index contributed by atoms with van der Waals surface area (Å²) < 4.78 is 19.9. The number of benzene rings is 1. The molecule has 2 aromatic rings. The lowest BCUT2D eigenvalue weighted by atomic mass is 10.2. The first-order valence-electron chi connectivity index (χ1n) is 5.56. The van der Waals surface area contributed by atoms with E-state index in [2.05, 4.69) is 4.98 Å². The van der Waals surface area contributed by atoms with E-state index in [1.807, 2.05) is 0 Å². The van der Waals surface area contributed by atoms with Gasteiger partial charge in [0.15, 0.2) is 0 Å². The Morgan fingerprint density at radius 2 is 2.16 bits per heavy atom. The highest BCUT2D eigenvalue weighted by molar-refractivity contribution is 6.30. The summed E-state index contributed by atoms with van der Waals surface area (Å²) in [5, 5.41) is 0.327. The van der Waals surface area contributed by atoms with Crippen molar-refractivity contribution >= 4 is 11.6 Å². The Morgan fingerprint density at radius 1 is 1.42 bits per heavy atom. The number of halogens is 2. The number of aromatic nitrogens is 2. The molecule has 19 heavy (non-hydrogen) atoms. The Balaban J connectivity index is 2.40. The van der Waals surface area contributed by atoms with Gasteiger partial charge in [0.2, 0.25) is 5.75 Å². The second-order valence-electron chi connectivity index (χ2n) is 4.07. The van der Waals surface area contributed by atoms with E-state index in [1.165, 1.54) is 19.2 Å². The van der Waals surface area contributed by atoms with Crippen molar-refractivity contribution in [3.8, 4) is 5.75 Å². The topological polar surface area (TPSA) is 44.1 Å². The number of hydrogen-bond acceptors (Lipinski definition) is 3. The third-order valence-corrected chi connectivity index (χ3v) is 2.88. The van der Waals surface area contributed by atoms with Crippen LogP contribution in [-0.2, 0) is 6.54 Å². The molecule has 0 aliphatic heterocycles. The smallest absolute Gasteiger partial charge is 0.315 e. The van der Waals surface area contributed by atoms with Crippen molar-refractivity contribution in [1.29, 1.82) is 0 Å². The Morgan fingerprint density at radius 3 is 2.79 bits per heavy atom. The standard InChI is InChI=1S/C13H12ClFN2O2/c1-8-16-13(18)12(19-2)7-17(8)6-9-3-10(14)5-11(15)4-9/h3-5,7H,6H2,1-2H3. The van der Waals surface area contributed by atoms with Crippen LogP contribution in [0, 0.1) is 12.7 Å². The molecule has 0 atom stereocenters. The number of aryl methyl sites for hydroxylation is 1. The lowest BCUT2D eigenvalue weighted by Crippen LogP contribution is -2.17. The zero-order valence-corrected chi connectivity index (χ0v) is 11.2. The van der Waals surface area contributed by atoms with Gasteiger partial charge < -0.3 is 9.30 Å². The Labute approximate surface area is 114 Å². The quantitative estimate of drug-likeness (QED) is 0.868. The zero-order valence-electron chi connectivity index (χ0n) is 10.5. The van der Waals surface area contributed by atoms with Gasteiger partial charge in [-0.3, -0.25) is 4.79 Å². The average molecular weight is 283 g/mol. The molecule has 0 spiro atoms.